The average Bonchev–Trinajstić information content (AvgIpc) is 3.01. The monoisotopic (exact) mass is 261 g/mol. The summed E-state index contributed by atoms with van der Waals surface area (Å²) in [6, 6.07) is 0. The van der Waals surface area contributed by atoms with Crippen molar-refractivity contribution < 1.29 is 4.79 Å². The van der Waals surface area contributed by atoms with Gasteiger partial charge >= 0.3 is 0 Å². The number of fused-ring (bicyclic) bond motifs is 1. The Kier molecular flexibility index (Phi) is 2.79. The first-order valence-electron chi connectivity index (χ1n) is 6.15. The third-order valence-corrected chi connectivity index (χ3v) is 3.37. The second kappa shape index (κ2) is 4.47. The Morgan fingerprint density at radius 1 is 1.47 bits per heavy atom. The molecule has 1 aliphatic rings. The molecule has 3 rings (SSSR count). The Morgan fingerprint density at radius 2 is 2.32 bits per heavy atom. The van der Waals surface area contributed by atoms with Crippen molar-refractivity contribution in [3.05, 3.63) is 18.9 Å². The summed E-state index contributed by atoms with van der Waals surface area (Å²) in [6.07, 6.45) is 4.86. The van der Waals surface area contributed by atoms with Crippen LogP contribution in [-0.2, 0) is 4.79 Å². The van der Waals surface area contributed by atoms with E-state index in [9.17, 15) is 4.79 Å². The minimum absolute atomic E-state index is 0.179. The van der Waals surface area contributed by atoms with Gasteiger partial charge in [-0.05, 0) is 0 Å². The number of hydrogen-bond acceptors (Lipinski definition) is 6. The van der Waals surface area contributed by atoms with Crippen LogP contribution >= 0.6 is 0 Å². The number of hydrogen-bond donors (Lipinski definition) is 1. The van der Waals surface area contributed by atoms with Gasteiger partial charge in [0.05, 0.1) is 18.7 Å². The van der Waals surface area contributed by atoms with Gasteiger partial charge in [-0.3, -0.25) is 4.79 Å². The molecule has 1 saturated heterocycles. The lowest BCUT2D eigenvalue weighted by atomic mass is 10.1. The molecular formula is C11H15N7O. The quantitative estimate of drug-likeness (QED) is 0.771. The van der Waals surface area contributed by atoms with Crippen molar-refractivity contribution in [1.29, 1.82) is 0 Å². The third kappa shape index (κ3) is 1.89. The summed E-state index contributed by atoms with van der Waals surface area (Å²) in [5.41, 5.74) is 6.85. The zero-order chi connectivity index (χ0) is 13.4. The molecular weight excluding hydrogens is 246 g/mol. The van der Waals surface area contributed by atoms with Gasteiger partial charge in [-0.1, -0.05) is 6.92 Å². The maximum atomic E-state index is 11.4. The van der Waals surface area contributed by atoms with Gasteiger partial charge in [-0.15, -0.1) is 0 Å². The summed E-state index contributed by atoms with van der Waals surface area (Å²) in [6.45, 7) is 3.99. The fraction of sp³-hybridized carbons (Fsp3) is 0.455. The number of amides is 1. The summed E-state index contributed by atoms with van der Waals surface area (Å²) < 4.78 is 1.86. The second-order valence-corrected chi connectivity index (χ2v) is 4.48. The number of carbonyl (C=O) groups excluding carboxylic acids is 1. The fourth-order valence-corrected chi connectivity index (χ4v) is 2.35. The van der Waals surface area contributed by atoms with Crippen LogP contribution in [0.1, 0.15) is 6.92 Å². The van der Waals surface area contributed by atoms with Gasteiger partial charge in [0.25, 0.3) is 0 Å². The van der Waals surface area contributed by atoms with Crippen LogP contribution in [-0.4, -0.2) is 50.2 Å². The Labute approximate surface area is 109 Å². The van der Waals surface area contributed by atoms with E-state index in [4.69, 9.17) is 5.73 Å². The molecule has 2 aromatic rings. The van der Waals surface area contributed by atoms with E-state index in [1.807, 2.05) is 16.7 Å². The number of hydrazine groups is 1. The minimum atomic E-state index is -0.276. The molecule has 1 unspecified atom stereocenters. The van der Waals surface area contributed by atoms with Crippen molar-refractivity contribution in [2.24, 2.45) is 11.7 Å². The third-order valence-electron chi connectivity index (χ3n) is 3.37. The maximum absolute atomic E-state index is 11.4. The van der Waals surface area contributed by atoms with Crippen LogP contribution in [0.25, 0.3) is 11.2 Å². The molecule has 1 atom stereocenters. The number of nitrogens with two attached hydrogens (primary N) is 1. The normalized spacial score (nSPS) is 20.3. The topological polar surface area (TPSA) is 93.2 Å². The minimum Gasteiger partial charge on any atom is -0.369 e. The van der Waals surface area contributed by atoms with Crippen molar-refractivity contribution in [3.8, 4) is 0 Å². The van der Waals surface area contributed by atoms with Crippen molar-refractivity contribution in [3.63, 3.8) is 0 Å². The first kappa shape index (κ1) is 11.8. The number of rotatable bonds is 3. The van der Waals surface area contributed by atoms with Crippen molar-refractivity contribution in [2.45, 2.75) is 6.92 Å². The summed E-state index contributed by atoms with van der Waals surface area (Å²) in [5.74, 6) is -0.455. The molecule has 0 aliphatic carbocycles. The summed E-state index contributed by atoms with van der Waals surface area (Å²) in [4.78, 5) is 23.7. The number of carbonyl (C=O) groups is 1. The van der Waals surface area contributed by atoms with Gasteiger partial charge in [0.1, 0.15) is 18.2 Å². The maximum Gasteiger partial charge on any atom is 0.223 e. The van der Waals surface area contributed by atoms with E-state index >= 15 is 0 Å². The molecule has 0 spiro atoms. The van der Waals surface area contributed by atoms with Crippen LogP contribution in [0.3, 0.4) is 0 Å². The fourth-order valence-electron chi connectivity index (χ4n) is 2.35. The van der Waals surface area contributed by atoms with E-state index in [1.54, 1.807) is 12.5 Å². The van der Waals surface area contributed by atoms with Gasteiger partial charge in [0, 0.05) is 13.1 Å². The van der Waals surface area contributed by atoms with E-state index in [1.165, 1.54) is 6.33 Å². The summed E-state index contributed by atoms with van der Waals surface area (Å²) in [5, 5.41) is 4.03. The van der Waals surface area contributed by atoms with Gasteiger partial charge in [0.2, 0.25) is 5.91 Å². The molecule has 0 aromatic carbocycles. The molecule has 0 saturated carbocycles. The Morgan fingerprint density at radius 3 is 3.05 bits per heavy atom. The molecule has 1 aliphatic heterocycles. The Bertz CT molecular complexity index is 610. The van der Waals surface area contributed by atoms with Crippen LogP contribution in [0.2, 0.25) is 0 Å². The molecule has 3 heterocycles. The molecule has 19 heavy (non-hydrogen) atoms. The van der Waals surface area contributed by atoms with Gasteiger partial charge in [-0.2, -0.15) is 0 Å². The predicted molar refractivity (Wildman–Crippen MR) is 68.3 cm³/mol. The summed E-state index contributed by atoms with van der Waals surface area (Å²) >= 11 is 0. The SMILES string of the molecule is CCN1CC(C(N)=O)CN1n1cnc2ncncc21. The highest BCUT2D eigenvalue weighted by Gasteiger charge is 2.33. The molecule has 0 bridgehead atoms. The van der Waals surface area contributed by atoms with E-state index in [2.05, 4.69) is 20.0 Å². The first-order valence-corrected chi connectivity index (χ1v) is 6.15. The zero-order valence-electron chi connectivity index (χ0n) is 10.6. The smallest absolute Gasteiger partial charge is 0.223 e. The van der Waals surface area contributed by atoms with Crippen LogP contribution in [0.4, 0.5) is 0 Å². The molecule has 1 fully saturated rings. The average molecular weight is 261 g/mol. The molecule has 100 valence electrons. The lowest BCUT2D eigenvalue weighted by Gasteiger charge is -2.29. The highest BCUT2D eigenvalue weighted by Crippen LogP contribution is 2.18. The first-order chi connectivity index (χ1) is 9.20. The van der Waals surface area contributed by atoms with E-state index < -0.39 is 0 Å². The highest BCUT2D eigenvalue weighted by molar-refractivity contribution is 5.78. The molecule has 0 radical (unpaired) electrons. The van der Waals surface area contributed by atoms with Gasteiger partial charge in [0.15, 0.2) is 5.65 Å². The van der Waals surface area contributed by atoms with Crippen molar-refractivity contribution in [1.82, 2.24) is 24.6 Å². The highest BCUT2D eigenvalue weighted by atomic mass is 16.1. The van der Waals surface area contributed by atoms with Crippen LogP contribution in [0.5, 0.6) is 0 Å². The standard InChI is InChI=1S/C11H15N7O/c1-2-16-4-8(10(12)19)5-18(16)17-7-15-11-9(17)3-13-6-14-11/h3,6-8H,2,4-5H2,1H3,(H2,12,19). The van der Waals surface area contributed by atoms with Crippen molar-refractivity contribution in [2.75, 3.05) is 24.8 Å². The Hall–Kier alpha value is -2.22. The van der Waals surface area contributed by atoms with Gasteiger partial charge < -0.3 is 5.73 Å². The van der Waals surface area contributed by atoms with Crippen LogP contribution < -0.4 is 10.9 Å². The molecule has 1 amide bonds. The number of imidazole rings is 1. The molecule has 8 nitrogen and oxygen atoms in total. The molecule has 2 N–H and O–H groups in total. The zero-order valence-corrected chi connectivity index (χ0v) is 10.6. The van der Waals surface area contributed by atoms with Crippen molar-refractivity contribution >= 4 is 17.1 Å². The lowest BCUT2D eigenvalue weighted by molar-refractivity contribution is -0.121. The number of primary amides is 1. The van der Waals surface area contributed by atoms with Crippen LogP contribution in [0, 0.1) is 5.92 Å². The molecule has 8 heteroatoms. The van der Waals surface area contributed by atoms with Gasteiger partial charge in [-0.25, -0.2) is 29.8 Å². The van der Waals surface area contributed by atoms with Crippen LogP contribution in [0.15, 0.2) is 18.9 Å². The largest absolute Gasteiger partial charge is 0.369 e. The second-order valence-electron chi connectivity index (χ2n) is 4.48. The molecule has 2 aromatic heterocycles. The van der Waals surface area contributed by atoms with E-state index in [0.29, 0.717) is 18.7 Å². The number of aromatic nitrogens is 4. The predicted octanol–water partition coefficient (Wildman–Crippen LogP) is -0.884. The number of nitrogens with zero attached hydrogens (tertiary/aromatic N) is 6. The lowest BCUT2D eigenvalue weighted by Crippen LogP contribution is -2.44. The Balaban J connectivity index is 1.98. The summed E-state index contributed by atoms with van der Waals surface area (Å²) in [7, 11) is 0. The van der Waals surface area contributed by atoms with E-state index in [-0.39, 0.29) is 11.8 Å². The van der Waals surface area contributed by atoms with E-state index in [0.717, 1.165) is 12.1 Å².